The van der Waals surface area contributed by atoms with Crippen molar-refractivity contribution in [1.82, 2.24) is 14.9 Å². The molecule has 0 fully saturated rings. The lowest BCUT2D eigenvalue weighted by Crippen LogP contribution is -2.18. The van der Waals surface area contributed by atoms with Gasteiger partial charge in [-0.3, -0.25) is 20.0 Å². The number of rotatable bonds is 4. The Kier molecular flexibility index (Phi) is 4.27. The predicted molar refractivity (Wildman–Crippen MR) is 78.0 cm³/mol. The third-order valence-corrected chi connectivity index (χ3v) is 2.84. The van der Waals surface area contributed by atoms with Gasteiger partial charge in [-0.25, -0.2) is 0 Å². The summed E-state index contributed by atoms with van der Waals surface area (Å²) in [4.78, 5) is 21.9. The molecule has 1 heterocycles. The fourth-order valence-electron chi connectivity index (χ4n) is 1.57. The molecular weight excluding hydrogens is 314 g/mol. The zero-order chi connectivity index (χ0) is 16.3. The average Bonchev–Trinajstić information content (AvgIpc) is 2.46. The standard InChI is InChI=1S/C11H9N5O5S/c1-21-9-3-7(16(19)20)6(2-8(9)17)4-13-15-10(18)5-12-14-11(15)22/h2-5,17H,1H3,(H,14,22)/b13-4-. The number of benzene rings is 1. The third kappa shape index (κ3) is 2.98. The van der Waals surface area contributed by atoms with Crippen LogP contribution in [0.3, 0.4) is 0 Å². The second-order valence-corrected chi connectivity index (χ2v) is 4.30. The maximum atomic E-state index is 11.5. The number of hydrogen-bond acceptors (Lipinski definition) is 8. The van der Waals surface area contributed by atoms with E-state index >= 15 is 0 Å². The van der Waals surface area contributed by atoms with Gasteiger partial charge in [-0.05, 0) is 18.3 Å². The van der Waals surface area contributed by atoms with Gasteiger partial charge >= 0.3 is 0 Å². The lowest BCUT2D eigenvalue weighted by molar-refractivity contribution is -0.385. The first-order chi connectivity index (χ1) is 10.4. The van der Waals surface area contributed by atoms with Gasteiger partial charge in [0, 0.05) is 0 Å². The molecule has 2 rings (SSSR count). The normalized spacial score (nSPS) is 10.8. The summed E-state index contributed by atoms with van der Waals surface area (Å²) in [6.07, 6.45) is 1.98. The van der Waals surface area contributed by atoms with Crippen LogP contribution in [-0.4, -0.2) is 38.2 Å². The molecule has 10 nitrogen and oxygen atoms in total. The SMILES string of the molecule is COc1cc([N+](=O)[O-])c(/C=N\n2c(=O)cn[nH]c2=S)cc1O. The minimum atomic E-state index is -0.667. The average molecular weight is 323 g/mol. The van der Waals surface area contributed by atoms with Crippen molar-refractivity contribution in [3.05, 3.63) is 49.1 Å². The van der Waals surface area contributed by atoms with Crippen LogP contribution in [-0.2, 0) is 0 Å². The van der Waals surface area contributed by atoms with Gasteiger partial charge in [0.05, 0.1) is 29.9 Å². The van der Waals surface area contributed by atoms with Crippen LogP contribution in [0.4, 0.5) is 5.69 Å². The summed E-state index contributed by atoms with van der Waals surface area (Å²) < 4.78 is 5.53. The fraction of sp³-hybridized carbons (Fsp3) is 0.0909. The molecule has 0 saturated heterocycles. The van der Waals surface area contributed by atoms with Crippen LogP contribution in [0, 0.1) is 14.9 Å². The Balaban J connectivity index is 2.56. The number of nitrogens with zero attached hydrogens (tertiary/aromatic N) is 4. The Morgan fingerprint density at radius 1 is 1.59 bits per heavy atom. The van der Waals surface area contributed by atoms with Crippen molar-refractivity contribution in [3.8, 4) is 11.5 Å². The molecule has 0 radical (unpaired) electrons. The molecule has 0 bridgehead atoms. The van der Waals surface area contributed by atoms with Crippen molar-refractivity contribution in [2.45, 2.75) is 0 Å². The maximum absolute atomic E-state index is 11.5. The summed E-state index contributed by atoms with van der Waals surface area (Å²) in [6.45, 7) is 0. The molecule has 0 saturated carbocycles. The molecule has 0 aliphatic rings. The first-order valence-corrected chi connectivity index (χ1v) is 6.11. The number of H-pyrrole nitrogens is 1. The maximum Gasteiger partial charge on any atom is 0.293 e. The van der Waals surface area contributed by atoms with E-state index in [0.717, 1.165) is 29.2 Å². The number of phenols is 1. The summed E-state index contributed by atoms with van der Waals surface area (Å²) >= 11 is 4.83. The lowest BCUT2D eigenvalue weighted by Gasteiger charge is -2.05. The molecule has 2 N–H and O–H groups in total. The smallest absolute Gasteiger partial charge is 0.293 e. The van der Waals surface area contributed by atoms with Crippen molar-refractivity contribution < 1.29 is 14.8 Å². The van der Waals surface area contributed by atoms with Crippen LogP contribution >= 0.6 is 12.2 Å². The van der Waals surface area contributed by atoms with E-state index in [2.05, 4.69) is 15.3 Å². The monoisotopic (exact) mass is 323 g/mol. The van der Waals surface area contributed by atoms with Gasteiger partial charge in [-0.15, -0.1) is 0 Å². The van der Waals surface area contributed by atoms with Crippen molar-refractivity contribution in [1.29, 1.82) is 0 Å². The highest BCUT2D eigenvalue weighted by Crippen LogP contribution is 2.32. The van der Waals surface area contributed by atoms with E-state index in [1.165, 1.54) is 7.11 Å². The molecule has 0 unspecified atom stereocenters. The van der Waals surface area contributed by atoms with Crippen molar-refractivity contribution in [3.63, 3.8) is 0 Å². The molecule has 2 aromatic rings. The topological polar surface area (TPSA) is 136 Å². The quantitative estimate of drug-likeness (QED) is 0.367. The molecule has 114 valence electrons. The van der Waals surface area contributed by atoms with E-state index in [9.17, 15) is 20.0 Å². The molecule has 0 amide bonds. The second-order valence-electron chi connectivity index (χ2n) is 3.91. The predicted octanol–water partition coefficient (Wildman–Crippen LogP) is 0.805. The Hall–Kier alpha value is -3.08. The Morgan fingerprint density at radius 2 is 2.32 bits per heavy atom. The number of nitro groups is 1. The van der Waals surface area contributed by atoms with Crippen LogP contribution in [0.1, 0.15) is 5.56 Å². The van der Waals surface area contributed by atoms with Gasteiger partial charge in [0.25, 0.3) is 11.2 Å². The second kappa shape index (κ2) is 6.13. The minimum Gasteiger partial charge on any atom is -0.504 e. The van der Waals surface area contributed by atoms with Crippen LogP contribution in [0.15, 0.2) is 28.2 Å². The number of phenolic OH excluding ortho intramolecular Hbond substituents is 1. The first-order valence-electron chi connectivity index (χ1n) is 5.70. The molecule has 0 aliphatic carbocycles. The van der Waals surface area contributed by atoms with Gasteiger partial charge in [-0.1, -0.05) is 0 Å². The summed E-state index contributed by atoms with van der Waals surface area (Å²) in [6, 6.07) is 2.15. The largest absolute Gasteiger partial charge is 0.504 e. The number of aromatic hydroxyl groups is 1. The minimum absolute atomic E-state index is 0.0265. The van der Waals surface area contributed by atoms with E-state index in [1.54, 1.807) is 0 Å². The van der Waals surface area contributed by atoms with Gasteiger partial charge in [0.15, 0.2) is 11.5 Å². The van der Waals surface area contributed by atoms with E-state index in [4.69, 9.17) is 17.0 Å². The Labute approximate surface area is 127 Å². The molecule has 22 heavy (non-hydrogen) atoms. The van der Waals surface area contributed by atoms with Crippen LogP contribution in [0.25, 0.3) is 0 Å². The lowest BCUT2D eigenvalue weighted by atomic mass is 10.1. The summed E-state index contributed by atoms with van der Waals surface area (Å²) in [5.74, 6) is -0.357. The van der Waals surface area contributed by atoms with Crippen LogP contribution in [0.2, 0.25) is 0 Å². The van der Waals surface area contributed by atoms with Crippen LogP contribution in [0.5, 0.6) is 11.5 Å². The number of aromatic nitrogens is 3. The van der Waals surface area contributed by atoms with Gasteiger partial charge in [0.1, 0.15) is 6.20 Å². The first kappa shape index (κ1) is 15.3. The van der Waals surface area contributed by atoms with Crippen molar-refractivity contribution in [2.24, 2.45) is 5.10 Å². The molecule has 0 aliphatic heterocycles. The fourth-order valence-corrected chi connectivity index (χ4v) is 1.76. The Morgan fingerprint density at radius 3 is 2.91 bits per heavy atom. The van der Waals surface area contributed by atoms with Crippen LogP contribution < -0.4 is 10.3 Å². The summed E-state index contributed by atoms with van der Waals surface area (Å²) in [5.41, 5.74) is -0.989. The molecule has 1 aromatic carbocycles. The van der Waals surface area contributed by atoms with Crippen molar-refractivity contribution in [2.75, 3.05) is 7.11 Å². The number of nitro benzene ring substituents is 1. The molecule has 11 heteroatoms. The highest BCUT2D eigenvalue weighted by atomic mass is 32.1. The summed E-state index contributed by atoms with van der Waals surface area (Å²) in [5, 5.41) is 30.3. The third-order valence-electron chi connectivity index (χ3n) is 2.57. The number of aromatic amines is 1. The molecule has 0 spiro atoms. The summed E-state index contributed by atoms with van der Waals surface area (Å²) in [7, 11) is 1.27. The number of hydrogen-bond donors (Lipinski definition) is 2. The number of ether oxygens (including phenoxy) is 1. The van der Waals surface area contributed by atoms with E-state index in [0.29, 0.717) is 0 Å². The van der Waals surface area contributed by atoms with Gasteiger partial charge in [0.2, 0.25) is 4.77 Å². The molecule has 1 aromatic heterocycles. The molecular formula is C11H9N5O5S. The highest BCUT2D eigenvalue weighted by Gasteiger charge is 2.17. The van der Waals surface area contributed by atoms with E-state index in [1.807, 2.05) is 0 Å². The van der Waals surface area contributed by atoms with E-state index < -0.39 is 10.5 Å². The molecule has 0 atom stereocenters. The van der Waals surface area contributed by atoms with Gasteiger partial charge < -0.3 is 9.84 Å². The highest BCUT2D eigenvalue weighted by molar-refractivity contribution is 7.71. The number of methoxy groups -OCH3 is 1. The zero-order valence-electron chi connectivity index (χ0n) is 11.1. The van der Waals surface area contributed by atoms with E-state index in [-0.39, 0.29) is 27.5 Å². The Bertz CT molecular complexity index is 844. The van der Waals surface area contributed by atoms with Gasteiger partial charge in [-0.2, -0.15) is 14.9 Å². The zero-order valence-corrected chi connectivity index (χ0v) is 11.9. The van der Waals surface area contributed by atoms with Crippen molar-refractivity contribution >= 4 is 24.1 Å². The number of nitrogens with one attached hydrogen (secondary N) is 1.